The number of benzene rings is 2. The van der Waals surface area contributed by atoms with E-state index < -0.39 is 0 Å². The minimum atomic E-state index is -0.0581. The molecule has 2 heterocycles. The van der Waals surface area contributed by atoms with Gasteiger partial charge in [0.15, 0.2) is 5.16 Å². The monoisotopic (exact) mass is 476 g/mol. The van der Waals surface area contributed by atoms with Crippen LogP contribution in [-0.4, -0.2) is 48.7 Å². The fraction of sp³-hybridized carbons (Fsp3) is 0.370. The standard InChI is InChI=1S/C27H32N4O2S/c1-3-15-31(2)25-17-24(21-8-5-4-6-9-21)29-27(30-25)34-19-20-11-13-22(14-12-20)26(32)28-18-23-10-7-16-33-23/h4-6,8-9,11-14,17,23H,3,7,10,15-16,18-19H2,1-2H3,(H,28,32)/t23-/m1/s1. The van der Waals surface area contributed by atoms with E-state index in [-0.39, 0.29) is 12.0 Å². The number of nitrogens with one attached hydrogen (secondary N) is 1. The van der Waals surface area contributed by atoms with Gasteiger partial charge < -0.3 is 15.0 Å². The smallest absolute Gasteiger partial charge is 0.251 e. The van der Waals surface area contributed by atoms with E-state index in [2.05, 4.69) is 42.4 Å². The average Bonchev–Trinajstić information content (AvgIpc) is 3.41. The van der Waals surface area contributed by atoms with Gasteiger partial charge in [0.05, 0.1) is 11.8 Å². The number of aromatic nitrogens is 2. The topological polar surface area (TPSA) is 67.4 Å². The second-order valence-electron chi connectivity index (χ2n) is 8.51. The van der Waals surface area contributed by atoms with Crippen molar-refractivity contribution in [2.75, 3.05) is 31.6 Å². The molecule has 1 amide bonds. The first-order valence-electron chi connectivity index (χ1n) is 11.9. The number of carbonyl (C=O) groups excluding carboxylic acids is 1. The van der Waals surface area contributed by atoms with E-state index >= 15 is 0 Å². The third-order valence-corrected chi connectivity index (χ3v) is 6.73. The van der Waals surface area contributed by atoms with Gasteiger partial charge in [0.2, 0.25) is 0 Å². The molecule has 1 aliphatic heterocycles. The molecule has 2 aromatic carbocycles. The van der Waals surface area contributed by atoms with Gasteiger partial charge in [-0.05, 0) is 37.0 Å². The number of rotatable bonds is 10. The molecule has 0 saturated carbocycles. The van der Waals surface area contributed by atoms with Crippen LogP contribution in [0.15, 0.2) is 65.8 Å². The average molecular weight is 477 g/mol. The van der Waals surface area contributed by atoms with Gasteiger partial charge in [-0.2, -0.15) is 0 Å². The number of anilines is 1. The van der Waals surface area contributed by atoms with Gasteiger partial charge >= 0.3 is 0 Å². The molecule has 0 spiro atoms. The Morgan fingerprint density at radius 2 is 1.94 bits per heavy atom. The van der Waals surface area contributed by atoms with Crippen molar-refractivity contribution < 1.29 is 9.53 Å². The molecule has 1 N–H and O–H groups in total. The predicted octanol–water partition coefficient (Wildman–Crippen LogP) is 5.19. The summed E-state index contributed by atoms with van der Waals surface area (Å²) in [6.45, 7) is 4.46. The minimum absolute atomic E-state index is 0.0581. The van der Waals surface area contributed by atoms with Crippen molar-refractivity contribution in [3.05, 3.63) is 71.8 Å². The molecule has 1 aliphatic rings. The molecule has 3 aromatic rings. The zero-order valence-electron chi connectivity index (χ0n) is 19.9. The van der Waals surface area contributed by atoms with Crippen LogP contribution in [0, 0.1) is 0 Å². The number of hydrogen-bond acceptors (Lipinski definition) is 6. The van der Waals surface area contributed by atoms with Crippen molar-refractivity contribution in [1.82, 2.24) is 15.3 Å². The summed E-state index contributed by atoms with van der Waals surface area (Å²) in [7, 11) is 2.07. The van der Waals surface area contributed by atoms with E-state index in [4.69, 9.17) is 14.7 Å². The zero-order valence-corrected chi connectivity index (χ0v) is 20.7. The lowest BCUT2D eigenvalue weighted by Crippen LogP contribution is -2.31. The van der Waals surface area contributed by atoms with E-state index in [0.29, 0.717) is 12.1 Å². The maximum absolute atomic E-state index is 12.4. The molecule has 178 valence electrons. The first-order valence-corrected chi connectivity index (χ1v) is 12.9. The van der Waals surface area contributed by atoms with Crippen LogP contribution in [0.1, 0.15) is 42.1 Å². The Kier molecular flexibility index (Phi) is 8.55. The molecule has 4 rings (SSSR count). The molecule has 0 radical (unpaired) electrons. The van der Waals surface area contributed by atoms with Gasteiger partial charge in [0.25, 0.3) is 5.91 Å². The number of nitrogens with zero attached hydrogens (tertiary/aromatic N) is 3. The summed E-state index contributed by atoms with van der Waals surface area (Å²) in [5, 5.41) is 3.72. The molecule has 7 heteroatoms. The van der Waals surface area contributed by atoms with Crippen LogP contribution < -0.4 is 10.2 Å². The quantitative estimate of drug-likeness (QED) is 0.321. The maximum Gasteiger partial charge on any atom is 0.251 e. The molecule has 1 aromatic heterocycles. The maximum atomic E-state index is 12.4. The third kappa shape index (κ3) is 6.58. The van der Waals surface area contributed by atoms with E-state index in [9.17, 15) is 4.79 Å². The van der Waals surface area contributed by atoms with Gasteiger partial charge in [0.1, 0.15) is 5.82 Å². The molecule has 1 saturated heterocycles. The molecule has 0 unspecified atom stereocenters. The highest BCUT2D eigenvalue weighted by Gasteiger charge is 2.17. The van der Waals surface area contributed by atoms with E-state index in [1.165, 1.54) is 0 Å². The van der Waals surface area contributed by atoms with Crippen LogP contribution in [0.4, 0.5) is 5.82 Å². The highest BCUT2D eigenvalue weighted by Crippen LogP contribution is 2.27. The molecule has 0 aliphatic carbocycles. The lowest BCUT2D eigenvalue weighted by atomic mass is 10.1. The Labute approximate surface area is 206 Å². The SMILES string of the molecule is CCCN(C)c1cc(-c2ccccc2)nc(SCc2ccc(C(=O)NC[C@H]3CCCO3)cc2)n1. The second kappa shape index (κ2) is 12.0. The van der Waals surface area contributed by atoms with Crippen molar-refractivity contribution in [2.24, 2.45) is 0 Å². The Bertz CT molecular complexity index is 1070. The van der Waals surface area contributed by atoms with Crippen LogP contribution in [0.25, 0.3) is 11.3 Å². The number of amides is 1. The van der Waals surface area contributed by atoms with Crippen molar-refractivity contribution in [3.63, 3.8) is 0 Å². The number of hydrogen-bond donors (Lipinski definition) is 1. The molecule has 6 nitrogen and oxygen atoms in total. The normalized spacial score (nSPS) is 15.3. The van der Waals surface area contributed by atoms with E-state index in [1.807, 2.05) is 42.5 Å². The van der Waals surface area contributed by atoms with Crippen molar-refractivity contribution in [1.29, 1.82) is 0 Å². The fourth-order valence-corrected chi connectivity index (χ4v) is 4.70. The number of ether oxygens (including phenoxy) is 1. The highest BCUT2D eigenvalue weighted by atomic mass is 32.2. The van der Waals surface area contributed by atoms with Crippen molar-refractivity contribution in [2.45, 2.75) is 43.2 Å². The Balaban J connectivity index is 1.41. The van der Waals surface area contributed by atoms with E-state index in [0.717, 1.165) is 66.0 Å². The Morgan fingerprint density at radius 3 is 2.65 bits per heavy atom. The largest absolute Gasteiger partial charge is 0.376 e. The third-order valence-electron chi connectivity index (χ3n) is 5.81. The molecular formula is C27H32N4O2S. The summed E-state index contributed by atoms with van der Waals surface area (Å²) >= 11 is 1.61. The Morgan fingerprint density at radius 1 is 1.15 bits per heavy atom. The lowest BCUT2D eigenvalue weighted by molar-refractivity contribution is 0.0858. The van der Waals surface area contributed by atoms with Crippen LogP contribution >= 0.6 is 11.8 Å². The summed E-state index contributed by atoms with van der Waals surface area (Å²) in [5.41, 5.74) is 3.79. The molecule has 1 fully saturated rings. The van der Waals surface area contributed by atoms with Gasteiger partial charge in [0, 0.05) is 49.7 Å². The fourth-order valence-electron chi connectivity index (χ4n) is 3.89. The van der Waals surface area contributed by atoms with Crippen molar-refractivity contribution in [3.8, 4) is 11.3 Å². The highest BCUT2D eigenvalue weighted by molar-refractivity contribution is 7.98. The minimum Gasteiger partial charge on any atom is -0.376 e. The van der Waals surface area contributed by atoms with Gasteiger partial charge in [-0.3, -0.25) is 4.79 Å². The van der Waals surface area contributed by atoms with Gasteiger partial charge in [-0.1, -0.05) is 61.2 Å². The first kappa shape index (κ1) is 24.2. The molecule has 34 heavy (non-hydrogen) atoms. The lowest BCUT2D eigenvalue weighted by Gasteiger charge is -2.18. The van der Waals surface area contributed by atoms with E-state index in [1.54, 1.807) is 11.8 Å². The van der Waals surface area contributed by atoms with Crippen LogP contribution in [0.2, 0.25) is 0 Å². The zero-order chi connectivity index (χ0) is 23.8. The molecule has 1 atom stereocenters. The summed E-state index contributed by atoms with van der Waals surface area (Å²) in [4.78, 5) is 24.2. The summed E-state index contributed by atoms with van der Waals surface area (Å²) in [6.07, 6.45) is 3.28. The summed E-state index contributed by atoms with van der Waals surface area (Å²) in [5.74, 6) is 1.60. The number of thioether (sulfide) groups is 1. The van der Waals surface area contributed by atoms with Crippen LogP contribution in [0.3, 0.4) is 0 Å². The predicted molar refractivity (Wildman–Crippen MR) is 138 cm³/mol. The molecular weight excluding hydrogens is 444 g/mol. The first-order chi connectivity index (χ1) is 16.6. The summed E-state index contributed by atoms with van der Waals surface area (Å²) in [6, 6.07) is 20.0. The van der Waals surface area contributed by atoms with Crippen LogP contribution in [0.5, 0.6) is 0 Å². The van der Waals surface area contributed by atoms with Crippen LogP contribution in [-0.2, 0) is 10.5 Å². The summed E-state index contributed by atoms with van der Waals surface area (Å²) < 4.78 is 5.57. The second-order valence-corrected chi connectivity index (χ2v) is 9.45. The molecule has 0 bridgehead atoms. The van der Waals surface area contributed by atoms with Crippen molar-refractivity contribution >= 4 is 23.5 Å². The Hall–Kier alpha value is -2.90. The van der Waals surface area contributed by atoms with Gasteiger partial charge in [-0.25, -0.2) is 9.97 Å². The van der Waals surface area contributed by atoms with Gasteiger partial charge in [-0.15, -0.1) is 0 Å². The number of carbonyl (C=O) groups is 1.